The molecule has 0 amide bonds. The Kier molecular flexibility index (Phi) is 4.11. The van der Waals surface area contributed by atoms with E-state index in [-0.39, 0.29) is 0 Å². The Morgan fingerprint density at radius 3 is 3.00 bits per heavy atom. The highest BCUT2D eigenvalue weighted by molar-refractivity contribution is 9.11. The van der Waals surface area contributed by atoms with Crippen LogP contribution in [0.2, 0.25) is 0 Å². The van der Waals surface area contributed by atoms with Crippen molar-refractivity contribution in [2.24, 2.45) is 0 Å². The minimum Gasteiger partial charge on any atom is -0.339 e. The molecule has 0 bridgehead atoms. The standard InChI is InChI=1S/C8H12BrN3O/c1-6(9)5-10-4-3-8-11-7(2)12-13-8/h10H,1,3-5H2,2H3. The van der Waals surface area contributed by atoms with Crippen LogP contribution in [0, 0.1) is 6.92 Å². The van der Waals surface area contributed by atoms with Crippen LogP contribution in [0.3, 0.4) is 0 Å². The number of nitrogens with one attached hydrogen (secondary N) is 1. The molecule has 13 heavy (non-hydrogen) atoms. The van der Waals surface area contributed by atoms with Gasteiger partial charge in [0.05, 0.1) is 0 Å². The second-order valence-electron chi connectivity index (χ2n) is 2.68. The van der Waals surface area contributed by atoms with Gasteiger partial charge >= 0.3 is 0 Å². The summed E-state index contributed by atoms with van der Waals surface area (Å²) >= 11 is 3.26. The van der Waals surface area contributed by atoms with Crippen molar-refractivity contribution >= 4 is 15.9 Å². The van der Waals surface area contributed by atoms with Crippen LogP contribution >= 0.6 is 15.9 Å². The van der Waals surface area contributed by atoms with Crippen molar-refractivity contribution < 1.29 is 4.52 Å². The fraction of sp³-hybridized carbons (Fsp3) is 0.500. The second kappa shape index (κ2) is 5.14. The number of halogens is 1. The van der Waals surface area contributed by atoms with Gasteiger partial charge in [-0.1, -0.05) is 27.7 Å². The predicted octanol–water partition coefficient (Wildman–Crippen LogP) is 1.42. The Hall–Kier alpha value is -0.680. The molecule has 0 atom stereocenters. The summed E-state index contributed by atoms with van der Waals surface area (Å²) in [5.74, 6) is 1.35. The molecule has 0 unspecified atom stereocenters. The van der Waals surface area contributed by atoms with Gasteiger partial charge in [0, 0.05) is 24.0 Å². The molecule has 1 heterocycles. The third-order valence-corrected chi connectivity index (χ3v) is 1.68. The molecule has 1 rings (SSSR count). The van der Waals surface area contributed by atoms with Crippen LogP contribution in [0.1, 0.15) is 11.7 Å². The molecule has 0 aliphatic carbocycles. The number of nitrogens with zero attached hydrogens (tertiary/aromatic N) is 2. The third-order valence-electron chi connectivity index (χ3n) is 1.40. The van der Waals surface area contributed by atoms with Crippen LogP contribution in [0.5, 0.6) is 0 Å². The maximum Gasteiger partial charge on any atom is 0.227 e. The predicted molar refractivity (Wildman–Crippen MR) is 53.7 cm³/mol. The molecule has 0 spiro atoms. The Morgan fingerprint density at radius 1 is 1.69 bits per heavy atom. The highest BCUT2D eigenvalue weighted by Crippen LogP contribution is 1.98. The van der Waals surface area contributed by atoms with Crippen LogP contribution < -0.4 is 5.32 Å². The van der Waals surface area contributed by atoms with Gasteiger partial charge in [-0.25, -0.2) is 0 Å². The maximum atomic E-state index is 4.94. The number of hydrogen-bond acceptors (Lipinski definition) is 4. The van der Waals surface area contributed by atoms with E-state index in [9.17, 15) is 0 Å². The summed E-state index contributed by atoms with van der Waals surface area (Å²) in [7, 11) is 0. The van der Waals surface area contributed by atoms with Crippen LogP contribution in [0.4, 0.5) is 0 Å². The van der Waals surface area contributed by atoms with Gasteiger partial charge in [-0.15, -0.1) is 0 Å². The van der Waals surface area contributed by atoms with E-state index in [1.807, 2.05) is 0 Å². The first-order chi connectivity index (χ1) is 6.18. The Labute approximate surface area is 85.5 Å². The van der Waals surface area contributed by atoms with Gasteiger partial charge in [0.15, 0.2) is 5.82 Å². The average Bonchev–Trinajstić information content (AvgIpc) is 2.45. The maximum absolute atomic E-state index is 4.94. The number of hydrogen-bond donors (Lipinski definition) is 1. The lowest BCUT2D eigenvalue weighted by Crippen LogP contribution is -2.18. The molecule has 0 saturated carbocycles. The smallest absolute Gasteiger partial charge is 0.227 e. The SMILES string of the molecule is C=C(Br)CNCCc1nc(C)no1. The Bertz CT molecular complexity index is 285. The van der Waals surface area contributed by atoms with E-state index < -0.39 is 0 Å². The van der Waals surface area contributed by atoms with Crippen molar-refractivity contribution in [3.63, 3.8) is 0 Å². The first-order valence-electron chi connectivity index (χ1n) is 4.01. The molecule has 0 aliphatic heterocycles. The molecule has 1 aromatic heterocycles. The first kappa shape index (κ1) is 10.4. The zero-order valence-corrected chi connectivity index (χ0v) is 9.10. The summed E-state index contributed by atoms with van der Waals surface area (Å²) in [6.07, 6.45) is 0.751. The zero-order chi connectivity index (χ0) is 9.68. The van der Waals surface area contributed by atoms with E-state index in [4.69, 9.17) is 4.52 Å². The van der Waals surface area contributed by atoms with Gasteiger partial charge in [0.1, 0.15) is 0 Å². The monoisotopic (exact) mass is 245 g/mol. The Morgan fingerprint density at radius 2 is 2.46 bits per heavy atom. The molecule has 1 aromatic rings. The molecular formula is C8H12BrN3O. The van der Waals surface area contributed by atoms with Crippen molar-refractivity contribution in [1.82, 2.24) is 15.5 Å². The van der Waals surface area contributed by atoms with Gasteiger partial charge in [0.2, 0.25) is 5.89 Å². The molecule has 0 saturated heterocycles. The van der Waals surface area contributed by atoms with Crippen molar-refractivity contribution in [2.75, 3.05) is 13.1 Å². The second-order valence-corrected chi connectivity index (χ2v) is 3.80. The lowest BCUT2D eigenvalue weighted by molar-refractivity contribution is 0.373. The van der Waals surface area contributed by atoms with Crippen LogP contribution in [-0.4, -0.2) is 23.2 Å². The highest BCUT2D eigenvalue weighted by atomic mass is 79.9. The molecule has 0 fully saturated rings. The van der Waals surface area contributed by atoms with Crippen LogP contribution in [-0.2, 0) is 6.42 Å². The first-order valence-corrected chi connectivity index (χ1v) is 4.81. The Balaban J connectivity index is 2.16. The number of rotatable bonds is 5. The van der Waals surface area contributed by atoms with Crippen LogP contribution in [0.15, 0.2) is 15.6 Å². The molecule has 0 radical (unpaired) electrons. The third kappa shape index (κ3) is 4.19. The van der Waals surface area contributed by atoms with E-state index in [1.165, 1.54) is 0 Å². The minimum absolute atomic E-state index is 0.671. The largest absolute Gasteiger partial charge is 0.339 e. The molecule has 1 N–H and O–H groups in total. The van der Waals surface area contributed by atoms with E-state index in [0.717, 1.165) is 24.0 Å². The van der Waals surface area contributed by atoms with E-state index >= 15 is 0 Å². The molecule has 72 valence electrons. The fourth-order valence-corrected chi connectivity index (χ4v) is 1.06. The summed E-state index contributed by atoms with van der Waals surface area (Å²) in [5, 5.41) is 6.86. The van der Waals surface area contributed by atoms with Gasteiger partial charge in [-0.3, -0.25) is 0 Å². The average molecular weight is 246 g/mol. The molecule has 4 nitrogen and oxygen atoms in total. The van der Waals surface area contributed by atoms with Gasteiger partial charge in [-0.05, 0) is 6.92 Å². The lowest BCUT2D eigenvalue weighted by atomic mass is 10.4. The van der Waals surface area contributed by atoms with E-state index in [1.54, 1.807) is 6.92 Å². The summed E-state index contributed by atoms with van der Waals surface area (Å²) in [6, 6.07) is 0. The summed E-state index contributed by atoms with van der Waals surface area (Å²) in [5.41, 5.74) is 0. The lowest BCUT2D eigenvalue weighted by Gasteiger charge is -1.99. The van der Waals surface area contributed by atoms with E-state index in [2.05, 4.69) is 38.0 Å². The van der Waals surface area contributed by atoms with Crippen molar-refractivity contribution in [3.8, 4) is 0 Å². The fourth-order valence-electron chi connectivity index (χ4n) is 0.861. The minimum atomic E-state index is 0.671. The molecule has 0 aliphatic rings. The van der Waals surface area contributed by atoms with Crippen molar-refractivity contribution in [2.45, 2.75) is 13.3 Å². The topological polar surface area (TPSA) is 51.0 Å². The normalized spacial score (nSPS) is 10.3. The molecular weight excluding hydrogens is 234 g/mol. The summed E-state index contributed by atoms with van der Waals surface area (Å²) in [4.78, 5) is 4.08. The molecule has 5 heteroatoms. The van der Waals surface area contributed by atoms with Gasteiger partial charge in [-0.2, -0.15) is 4.98 Å². The van der Waals surface area contributed by atoms with E-state index in [0.29, 0.717) is 11.7 Å². The van der Waals surface area contributed by atoms with Crippen LogP contribution in [0.25, 0.3) is 0 Å². The quantitative estimate of drug-likeness (QED) is 0.798. The zero-order valence-electron chi connectivity index (χ0n) is 7.51. The summed E-state index contributed by atoms with van der Waals surface area (Å²) < 4.78 is 5.88. The molecule has 0 aromatic carbocycles. The number of aromatic nitrogens is 2. The number of aryl methyl sites for hydroxylation is 1. The highest BCUT2D eigenvalue weighted by Gasteiger charge is 2.00. The van der Waals surface area contributed by atoms with Crippen molar-refractivity contribution in [3.05, 3.63) is 22.8 Å². The van der Waals surface area contributed by atoms with Gasteiger partial charge < -0.3 is 9.84 Å². The summed E-state index contributed by atoms with van der Waals surface area (Å²) in [6.45, 7) is 7.08. The van der Waals surface area contributed by atoms with Gasteiger partial charge in [0.25, 0.3) is 0 Å². The van der Waals surface area contributed by atoms with Crippen molar-refractivity contribution in [1.29, 1.82) is 0 Å².